The average Bonchev–Trinajstić information content (AvgIpc) is 2.56. The highest BCUT2D eigenvalue weighted by molar-refractivity contribution is 5.64. The van der Waals surface area contributed by atoms with E-state index in [1.165, 1.54) is 12.1 Å². The third-order valence-corrected chi connectivity index (χ3v) is 4.15. The Morgan fingerprint density at radius 2 is 1.71 bits per heavy atom. The molecule has 1 fully saturated rings. The second kappa shape index (κ2) is 6.37. The van der Waals surface area contributed by atoms with Crippen LogP contribution in [0.4, 0.5) is 4.39 Å². The lowest BCUT2D eigenvalue weighted by atomic mass is 9.86. The Labute approximate surface area is 125 Å². The molecule has 0 saturated carbocycles. The third kappa shape index (κ3) is 3.31. The van der Waals surface area contributed by atoms with Crippen LogP contribution in [0.15, 0.2) is 48.5 Å². The van der Waals surface area contributed by atoms with Gasteiger partial charge in [-0.15, -0.1) is 0 Å². The highest BCUT2D eigenvalue weighted by Crippen LogP contribution is 2.29. The van der Waals surface area contributed by atoms with E-state index in [2.05, 4.69) is 17.4 Å². The molecule has 3 heteroatoms. The molecular weight excluding hydrogens is 263 g/mol. The van der Waals surface area contributed by atoms with Crippen LogP contribution in [0.5, 0.6) is 0 Å². The maximum Gasteiger partial charge on any atom is 0.123 e. The molecule has 1 radical (unpaired) electrons. The van der Waals surface area contributed by atoms with Crippen LogP contribution in [-0.2, 0) is 0 Å². The minimum atomic E-state index is -0.212. The van der Waals surface area contributed by atoms with E-state index in [0.29, 0.717) is 5.92 Å². The highest BCUT2D eigenvalue weighted by Gasteiger charge is 2.22. The number of hydrogen-bond acceptors (Lipinski definition) is 2. The number of hydrogen-bond donors (Lipinski definition) is 2. The highest BCUT2D eigenvalue weighted by atomic mass is 19.1. The molecule has 0 spiro atoms. The summed E-state index contributed by atoms with van der Waals surface area (Å²) in [6.07, 6.45) is 2.18. The van der Waals surface area contributed by atoms with E-state index in [9.17, 15) is 4.39 Å². The van der Waals surface area contributed by atoms with E-state index < -0.39 is 0 Å². The van der Waals surface area contributed by atoms with E-state index in [1.807, 2.05) is 12.1 Å². The standard InChI is InChI=1S/C18H20FN2/c19-17-6-4-13(5-7-17)15-2-1-3-16(12-15)18(20)14-8-10-21-11-9-14/h1-7,12,14,21H,8-11,20H2. The summed E-state index contributed by atoms with van der Waals surface area (Å²) in [5, 5.41) is 3.36. The van der Waals surface area contributed by atoms with Gasteiger partial charge in [-0.1, -0.05) is 30.3 Å². The van der Waals surface area contributed by atoms with Crippen LogP contribution in [0.2, 0.25) is 0 Å². The Bertz CT molecular complexity index is 588. The minimum absolute atomic E-state index is 0.212. The van der Waals surface area contributed by atoms with Crippen molar-refractivity contribution in [3.8, 4) is 11.1 Å². The van der Waals surface area contributed by atoms with Gasteiger partial charge in [-0.2, -0.15) is 0 Å². The Hall–Kier alpha value is -1.71. The number of nitrogens with two attached hydrogens (primary N) is 1. The molecule has 3 rings (SSSR count). The molecule has 2 aromatic carbocycles. The SMILES string of the molecule is N[C](c1cccc(-c2ccc(F)cc2)c1)C1CCNCC1. The van der Waals surface area contributed by atoms with Crippen LogP contribution >= 0.6 is 0 Å². The molecule has 0 aliphatic carbocycles. The zero-order valence-corrected chi connectivity index (χ0v) is 12.0. The van der Waals surface area contributed by atoms with Crippen molar-refractivity contribution in [2.24, 2.45) is 11.7 Å². The van der Waals surface area contributed by atoms with Gasteiger partial charge in [-0.05, 0) is 66.7 Å². The van der Waals surface area contributed by atoms with Crippen molar-refractivity contribution in [2.75, 3.05) is 13.1 Å². The first kappa shape index (κ1) is 14.2. The fraction of sp³-hybridized carbons (Fsp3) is 0.278. The average molecular weight is 283 g/mol. The summed E-state index contributed by atoms with van der Waals surface area (Å²) in [5.74, 6) is 0.241. The summed E-state index contributed by atoms with van der Waals surface area (Å²) in [4.78, 5) is 0. The zero-order chi connectivity index (χ0) is 14.7. The molecule has 3 N–H and O–H groups in total. The molecule has 1 saturated heterocycles. The molecule has 21 heavy (non-hydrogen) atoms. The van der Waals surface area contributed by atoms with Crippen LogP contribution in [0.3, 0.4) is 0 Å². The maximum absolute atomic E-state index is 13.0. The maximum atomic E-state index is 13.0. The number of rotatable bonds is 3. The fourth-order valence-corrected chi connectivity index (χ4v) is 2.89. The predicted molar refractivity (Wildman–Crippen MR) is 84.0 cm³/mol. The van der Waals surface area contributed by atoms with Gasteiger partial charge < -0.3 is 11.1 Å². The first-order valence-electron chi connectivity index (χ1n) is 7.43. The lowest BCUT2D eigenvalue weighted by molar-refractivity contribution is 0.390. The van der Waals surface area contributed by atoms with Gasteiger partial charge in [0, 0.05) is 0 Å². The van der Waals surface area contributed by atoms with E-state index >= 15 is 0 Å². The Balaban J connectivity index is 1.83. The van der Waals surface area contributed by atoms with Crippen molar-refractivity contribution >= 4 is 0 Å². The zero-order valence-electron chi connectivity index (χ0n) is 12.0. The van der Waals surface area contributed by atoms with Crippen molar-refractivity contribution in [2.45, 2.75) is 12.8 Å². The summed E-state index contributed by atoms with van der Waals surface area (Å²) in [5.41, 5.74) is 9.54. The van der Waals surface area contributed by atoms with E-state index in [0.717, 1.165) is 48.7 Å². The van der Waals surface area contributed by atoms with Crippen molar-refractivity contribution in [1.29, 1.82) is 0 Å². The van der Waals surface area contributed by atoms with Crippen LogP contribution in [-0.4, -0.2) is 13.1 Å². The Morgan fingerprint density at radius 3 is 2.43 bits per heavy atom. The van der Waals surface area contributed by atoms with Crippen molar-refractivity contribution in [1.82, 2.24) is 5.32 Å². The third-order valence-electron chi connectivity index (χ3n) is 4.15. The second-order valence-corrected chi connectivity index (χ2v) is 5.57. The van der Waals surface area contributed by atoms with Gasteiger partial charge in [0.25, 0.3) is 0 Å². The quantitative estimate of drug-likeness (QED) is 0.906. The van der Waals surface area contributed by atoms with Gasteiger partial charge in [0.2, 0.25) is 0 Å². The number of nitrogens with one attached hydrogen (secondary N) is 1. The number of piperidine rings is 1. The van der Waals surface area contributed by atoms with Gasteiger partial charge in [0.1, 0.15) is 5.82 Å². The van der Waals surface area contributed by atoms with Crippen LogP contribution < -0.4 is 11.1 Å². The number of halogens is 1. The smallest absolute Gasteiger partial charge is 0.123 e. The minimum Gasteiger partial charge on any atom is -0.319 e. The van der Waals surface area contributed by atoms with E-state index in [-0.39, 0.29) is 5.82 Å². The molecule has 0 atom stereocenters. The molecule has 1 aliphatic heterocycles. The van der Waals surface area contributed by atoms with E-state index in [1.54, 1.807) is 12.1 Å². The van der Waals surface area contributed by atoms with Crippen LogP contribution in [0, 0.1) is 17.8 Å². The molecule has 1 heterocycles. The first-order chi connectivity index (χ1) is 10.2. The molecule has 2 nitrogen and oxygen atoms in total. The van der Waals surface area contributed by atoms with Gasteiger partial charge in [0.05, 0.1) is 6.04 Å². The molecule has 0 amide bonds. The van der Waals surface area contributed by atoms with Crippen LogP contribution in [0.25, 0.3) is 11.1 Å². The van der Waals surface area contributed by atoms with Crippen molar-refractivity contribution in [3.63, 3.8) is 0 Å². The fourth-order valence-electron chi connectivity index (χ4n) is 2.89. The molecule has 0 aromatic heterocycles. The molecule has 2 aromatic rings. The largest absolute Gasteiger partial charge is 0.319 e. The summed E-state index contributed by atoms with van der Waals surface area (Å²) in [6.45, 7) is 2.06. The Morgan fingerprint density at radius 1 is 1.00 bits per heavy atom. The van der Waals surface area contributed by atoms with Gasteiger partial charge in [-0.3, -0.25) is 0 Å². The molecule has 0 unspecified atom stereocenters. The first-order valence-corrected chi connectivity index (χ1v) is 7.43. The Kier molecular flexibility index (Phi) is 4.32. The van der Waals surface area contributed by atoms with Gasteiger partial charge in [-0.25, -0.2) is 4.39 Å². The monoisotopic (exact) mass is 283 g/mol. The molecular formula is C18H20FN2. The lowest BCUT2D eigenvalue weighted by Crippen LogP contribution is -2.34. The van der Waals surface area contributed by atoms with Crippen LogP contribution in [0.1, 0.15) is 18.4 Å². The number of benzene rings is 2. The summed E-state index contributed by atoms with van der Waals surface area (Å²) in [7, 11) is 0. The summed E-state index contributed by atoms with van der Waals surface area (Å²) < 4.78 is 13.0. The topological polar surface area (TPSA) is 38.0 Å². The van der Waals surface area contributed by atoms with Crippen molar-refractivity contribution in [3.05, 3.63) is 66.0 Å². The molecule has 1 aliphatic rings. The van der Waals surface area contributed by atoms with Crippen molar-refractivity contribution < 1.29 is 4.39 Å². The molecule has 109 valence electrons. The van der Waals surface area contributed by atoms with Gasteiger partial charge >= 0.3 is 0 Å². The molecule has 0 bridgehead atoms. The van der Waals surface area contributed by atoms with Gasteiger partial charge in [0.15, 0.2) is 0 Å². The second-order valence-electron chi connectivity index (χ2n) is 5.57. The summed E-state index contributed by atoms with van der Waals surface area (Å²) >= 11 is 0. The normalized spacial score (nSPS) is 16.3. The van der Waals surface area contributed by atoms with E-state index in [4.69, 9.17) is 5.73 Å². The predicted octanol–water partition coefficient (Wildman–Crippen LogP) is 3.33. The lowest BCUT2D eigenvalue weighted by Gasteiger charge is -2.27. The summed E-state index contributed by atoms with van der Waals surface area (Å²) in [6, 6.07) is 15.8.